The summed E-state index contributed by atoms with van der Waals surface area (Å²) in [5.74, 6) is 0.203. The van der Waals surface area contributed by atoms with Gasteiger partial charge in [0.25, 0.3) is 0 Å². The number of nitrogens with one attached hydrogen (secondary N) is 1. The summed E-state index contributed by atoms with van der Waals surface area (Å²) in [5, 5.41) is 13.6. The largest absolute Gasteiger partial charge is 0.506 e. The van der Waals surface area contributed by atoms with E-state index in [4.69, 9.17) is 11.6 Å². The van der Waals surface area contributed by atoms with Crippen LogP contribution < -0.4 is 5.32 Å². The molecule has 0 radical (unpaired) electrons. The molecule has 0 saturated heterocycles. The van der Waals surface area contributed by atoms with Gasteiger partial charge in [0.1, 0.15) is 5.75 Å². The van der Waals surface area contributed by atoms with Crippen molar-refractivity contribution in [2.75, 3.05) is 0 Å². The third-order valence-corrected chi connectivity index (χ3v) is 3.54. The van der Waals surface area contributed by atoms with Crippen molar-refractivity contribution in [1.82, 2.24) is 5.32 Å². The first kappa shape index (κ1) is 10.8. The molecule has 0 amide bonds. The lowest BCUT2D eigenvalue weighted by Gasteiger charge is -2.39. The van der Waals surface area contributed by atoms with E-state index in [0.29, 0.717) is 11.6 Å². The first-order valence-corrected chi connectivity index (χ1v) is 5.70. The van der Waals surface area contributed by atoms with Gasteiger partial charge >= 0.3 is 0 Å². The van der Waals surface area contributed by atoms with Crippen molar-refractivity contribution < 1.29 is 5.11 Å². The molecule has 2 rings (SSSR count). The Morgan fingerprint density at radius 1 is 1.47 bits per heavy atom. The first-order chi connectivity index (χ1) is 7.11. The van der Waals surface area contributed by atoms with E-state index < -0.39 is 0 Å². The van der Waals surface area contributed by atoms with E-state index >= 15 is 0 Å². The fourth-order valence-corrected chi connectivity index (χ4v) is 2.09. The second kappa shape index (κ2) is 4.03. The summed E-state index contributed by atoms with van der Waals surface area (Å²) in [7, 11) is 0. The van der Waals surface area contributed by atoms with E-state index in [9.17, 15) is 5.11 Å². The van der Waals surface area contributed by atoms with Crippen LogP contribution in [0.25, 0.3) is 0 Å². The Balaban J connectivity index is 2.01. The van der Waals surface area contributed by atoms with E-state index in [-0.39, 0.29) is 11.3 Å². The van der Waals surface area contributed by atoms with Crippen LogP contribution in [-0.4, -0.2) is 10.6 Å². The van der Waals surface area contributed by atoms with E-state index in [1.807, 2.05) is 12.1 Å². The predicted octanol–water partition coefficient (Wildman–Crippen LogP) is 3.08. The average molecular weight is 226 g/mol. The molecule has 3 heteroatoms. The van der Waals surface area contributed by atoms with Gasteiger partial charge in [-0.1, -0.05) is 23.7 Å². The third-order valence-electron chi connectivity index (χ3n) is 3.23. The molecule has 0 atom stereocenters. The summed E-state index contributed by atoms with van der Waals surface area (Å²) in [5.41, 5.74) is 1.13. The Bertz CT molecular complexity index is 361. The highest BCUT2D eigenvalue weighted by molar-refractivity contribution is 6.32. The van der Waals surface area contributed by atoms with Crippen LogP contribution in [0.4, 0.5) is 0 Å². The zero-order valence-electron chi connectivity index (χ0n) is 8.89. The molecule has 0 aliphatic heterocycles. The number of hydrogen-bond acceptors (Lipinski definition) is 2. The van der Waals surface area contributed by atoms with Crippen molar-refractivity contribution in [2.24, 2.45) is 0 Å². The normalized spacial score (nSPS) is 18.5. The maximum atomic E-state index is 9.71. The molecule has 15 heavy (non-hydrogen) atoms. The van der Waals surface area contributed by atoms with E-state index in [0.717, 1.165) is 5.56 Å². The van der Waals surface area contributed by atoms with Gasteiger partial charge in [-0.2, -0.15) is 0 Å². The molecule has 0 unspecified atom stereocenters. The van der Waals surface area contributed by atoms with Gasteiger partial charge in [0.05, 0.1) is 5.02 Å². The van der Waals surface area contributed by atoms with Gasteiger partial charge in [-0.15, -0.1) is 0 Å². The second-order valence-electron chi connectivity index (χ2n) is 4.52. The number of rotatable bonds is 3. The molecular weight excluding hydrogens is 210 g/mol. The predicted molar refractivity (Wildman–Crippen MR) is 62.2 cm³/mol. The first-order valence-electron chi connectivity index (χ1n) is 5.32. The molecule has 0 spiro atoms. The van der Waals surface area contributed by atoms with Crippen LogP contribution in [0.3, 0.4) is 0 Å². The maximum absolute atomic E-state index is 9.71. The number of para-hydroxylation sites is 1. The van der Waals surface area contributed by atoms with Crippen LogP contribution in [0.1, 0.15) is 31.7 Å². The molecule has 82 valence electrons. The molecule has 0 bridgehead atoms. The fraction of sp³-hybridized carbons (Fsp3) is 0.500. The molecule has 1 fully saturated rings. The minimum Gasteiger partial charge on any atom is -0.506 e. The van der Waals surface area contributed by atoms with Crippen molar-refractivity contribution >= 4 is 11.6 Å². The van der Waals surface area contributed by atoms with Crippen molar-refractivity contribution in [3.63, 3.8) is 0 Å². The molecule has 1 aliphatic carbocycles. The van der Waals surface area contributed by atoms with Crippen LogP contribution in [0.5, 0.6) is 5.75 Å². The Morgan fingerprint density at radius 3 is 2.80 bits per heavy atom. The second-order valence-corrected chi connectivity index (χ2v) is 4.92. The van der Waals surface area contributed by atoms with Crippen molar-refractivity contribution in [2.45, 2.75) is 38.3 Å². The molecule has 0 heterocycles. The van der Waals surface area contributed by atoms with Gasteiger partial charge in [-0.05, 0) is 32.3 Å². The van der Waals surface area contributed by atoms with E-state index in [1.165, 1.54) is 19.3 Å². The van der Waals surface area contributed by atoms with Gasteiger partial charge in [0, 0.05) is 17.6 Å². The molecule has 2 N–H and O–H groups in total. The summed E-state index contributed by atoms with van der Waals surface area (Å²) in [6.45, 7) is 2.90. The Kier molecular flexibility index (Phi) is 2.89. The molecule has 1 aromatic carbocycles. The summed E-state index contributed by atoms with van der Waals surface area (Å²) < 4.78 is 0. The highest BCUT2D eigenvalue weighted by Gasteiger charge is 2.30. The van der Waals surface area contributed by atoms with Crippen LogP contribution in [0.2, 0.25) is 5.02 Å². The summed E-state index contributed by atoms with van der Waals surface area (Å²) in [6, 6.07) is 5.46. The Morgan fingerprint density at radius 2 is 2.20 bits per heavy atom. The van der Waals surface area contributed by atoms with Crippen LogP contribution in [0.15, 0.2) is 18.2 Å². The van der Waals surface area contributed by atoms with Crippen molar-refractivity contribution in [1.29, 1.82) is 0 Å². The minimum absolute atomic E-state index is 0.203. The molecule has 1 saturated carbocycles. The molecule has 2 nitrogen and oxygen atoms in total. The lowest BCUT2D eigenvalue weighted by molar-refractivity contribution is 0.206. The van der Waals surface area contributed by atoms with Crippen LogP contribution >= 0.6 is 11.6 Å². The zero-order chi connectivity index (χ0) is 10.9. The van der Waals surface area contributed by atoms with Gasteiger partial charge in [-0.3, -0.25) is 0 Å². The SMILES string of the molecule is CC1(NCc2cccc(Cl)c2O)CCC1. The standard InChI is InChI=1S/C12H16ClNO/c1-12(6-3-7-12)14-8-9-4-2-5-10(13)11(9)15/h2,4-5,14-15H,3,6-8H2,1H3. The highest BCUT2D eigenvalue weighted by Crippen LogP contribution is 2.32. The van der Waals surface area contributed by atoms with Gasteiger partial charge in [0.15, 0.2) is 0 Å². The Labute approximate surface area is 95.3 Å². The number of aromatic hydroxyl groups is 1. The average Bonchev–Trinajstić information content (AvgIpc) is 2.17. The smallest absolute Gasteiger partial charge is 0.138 e. The number of hydrogen-bond donors (Lipinski definition) is 2. The lowest BCUT2D eigenvalue weighted by Crippen LogP contribution is -2.47. The van der Waals surface area contributed by atoms with E-state index in [1.54, 1.807) is 6.07 Å². The topological polar surface area (TPSA) is 32.3 Å². The monoisotopic (exact) mass is 225 g/mol. The summed E-state index contributed by atoms with van der Waals surface area (Å²) >= 11 is 5.83. The summed E-state index contributed by atoms with van der Waals surface area (Å²) in [6.07, 6.45) is 3.73. The Hall–Kier alpha value is -0.730. The zero-order valence-corrected chi connectivity index (χ0v) is 9.64. The number of benzene rings is 1. The van der Waals surface area contributed by atoms with Crippen molar-refractivity contribution in [3.05, 3.63) is 28.8 Å². The molecular formula is C12H16ClNO. The molecule has 0 aromatic heterocycles. The van der Waals surface area contributed by atoms with Gasteiger partial charge in [-0.25, -0.2) is 0 Å². The van der Waals surface area contributed by atoms with Crippen LogP contribution in [0, 0.1) is 0 Å². The number of phenolic OH excluding ortho intramolecular Hbond substituents is 1. The van der Waals surface area contributed by atoms with E-state index in [2.05, 4.69) is 12.2 Å². The summed E-state index contributed by atoms with van der Waals surface area (Å²) in [4.78, 5) is 0. The number of halogens is 1. The number of phenols is 1. The van der Waals surface area contributed by atoms with Gasteiger partial charge in [0.2, 0.25) is 0 Å². The maximum Gasteiger partial charge on any atom is 0.138 e. The minimum atomic E-state index is 0.203. The van der Waals surface area contributed by atoms with Crippen molar-refractivity contribution in [3.8, 4) is 5.75 Å². The fourth-order valence-electron chi connectivity index (χ4n) is 1.90. The van der Waals surface area contributed by atoms with Gasteiger partial charge < -0.3 is 10.4 Å². The lowest BCUT2D eigenvalue weighted by atomic mass is 9.78. The third kappa shape index (κ3) is 2.27. The molecule has 1 aromatic rings. The van der Waals surface area contributed by atoms with Crippen LogP contribution in [-0.2, 0) is 6.54 Å². The highest BCUT2D eigenvalue weighted by atomic mass is 35.5. The quantitative estimate of drug-likeness (QED) is 0.829. The molecule has 1 aliphatic rings.